The zero-order valence-electron chi connectivity index (χ0n) is 12.5. The largest absolute Gasteiger partial charge is 0.289 e. The minimum Gasteiger partial charge on any atom is -0.289 e. The van der Waals surface area contributed by atoms with Crippen LogP contribution < -0.4 is 0 Å². The Kier molecular flexibility index (Phi) is 3.43. The lowest BCUT2D eigenvalue weighted by Crippen LogP contribution is -2.01. The lowest BCUT2D eigenvalue weighted by Gasteiger charge is -2.03. The summed E-state index contributed by atoms with van der Waals surface area (Å²) in [6.07, 6.45) is 3.42. The van der Waals surface area contributed by atoms with E-state index in [1.165, 1.54) is 0 Å². The van der Waals surface area contributed by atoms with Crippen molar-refractivity contribution in [2.75, 3.05) is 0 Å². The SMILES string of the molecule is O=C(c1ccc(-c2c[nH]nn2)cc1)c1ccc(-c2c[nH]nn2)cc1. The molecule has 2 N–H and O–H groups in total. The summed E-state index contributed by atoms with van der Waals surface area (Å²) in [5.74, 6) is -0.0339. The predicted octanol–water partition coefficient (Wildman–Crippen LogP) is 2.49. The maximum absolute atomic E-state index is 12.6. The van der Waals surface area contributed by atoms with E-state index in [9.17, 15) is 4.79 Å². The summed E-state index contributed by atoms with van der Waals surface area (Å²) in [4.78, 5) is 12.6. The van der Waals surface area contributed by atoms with Gasteiger partial charge >= 0.3 is 0 Å². The predicted molar refractivity (Wildman–Crippen MR) is 87.1 cm³/mol. The molecule has 0 saturated carbocycles. The van der Waals surface area contributed by atoms with Gasteiger partial charge in [-0.25, -0.2) is 0 Å². The van der Waals surface area contributed by atoms with Crippen LogP contribution in [0, 0.1) is 0 Å². The number of nitrogens with zero attached hydrogens (tertiary/aromatic N) is 4. The Morgan fingerprint density at radius 1 is 0.667 bits per heavy atom. The molecule has 2 aromatic carbocycles. The molecule has 0 spiro atoms. The number of hydrogen-bond donors (Lipinski definition) is 2. The third-order valence-corrected chi connectivity index (χ3v) is 3.72. The van der Waals surface area contributed by atoms with Crippen molar-refractivity contribution >= 4 is 5.78 Å². The number of carbonyl (C=O) groups is 1. The van der Waals surface area contributed by atoms with E-state index in [2.05, 4.69) is 30.8 Å². The van der Waals surface area contributed by atoms with Gasteiger partial charge in [-0.1, -0.05) is 59.0 Å². The average molecular weight is 316 g/mol. The van der Waals surface area contributed by atoms with Crippen LogP contribution in [-0.2, 0) is 0 Å². The zero-order valence-corrected chi connectivity index (χ0v) is 12.5. The highest BCUT2D eigenvalue weighted by molar-refractivity contribution is 6.09. The number of hydrogen-bond acceptors (Lipinski definition) is 5. The summed E-state index contributed by atoms with van der Waals surface area (Å²) in [6, 6.07) is 14.6. The number of ketones is 1. The van der Waals surface area contributed by atoms with Gasteiger partial charge in [-0.3, -0.25) is 15.0 Å². The van der Waals surface area contributed by atoms with Crippen molar-refractivity contribution in [1.82, 2.24) is 30.8 Å². The summed E-state index contributed by atoms with van der Waals surface area (Å²) in [7, 11) is 0. The Morgan fingerprint density at radius 3 is 1.42 bits per heavy atom. The molecule has 4 rings (SSSR count). The molecule has 0 saturated heterocycles. The Labute approximate surface area is 136 Å². The number of rotatable bonds is 4. The average Bonchev–Trinajstić information content (AvgIpc) is 3.35. The molecular formula is C17H12N6O. The number of nitrogens with one attached hydrogen (secondary N) is 2. The van der Waals surface area contributed by atoms with Gasteiger partial charge in [0.15, 0.2) is 5.78 Å². The molecule has 0 amide bonds. The molecule has 2 heterocycles. The highest BCUT2D eigenvalue weighted by atomic mass is 16.1. The molecule has 0 atom stereocenters. The van der Waals surface area contributed by atoms with E-state index < -0.39 is 0 Å². The van der Waals surface area contributed by atoms with Crippen molar-refractivity contribution in [2.24, 2.45) is 0 Å². The van der Waals surface area contributed by atoms with Gasteiger partial charge in [0.05, 0.1) is 0 Å². The zero-order chi connectivity index (χ0) is 16.4. The number of aromatic nitrogens is 6. The van der Waals surface area contributed by atoms with Gasteiger partial charge in [0.1, 0.15) is 11.4 Å². The van der Waals surface area contributed by atoms with E-state index in [1.807, 2.05) is 24.3 Å². The summed E-state index contributed by atoms with van der Waals surface area (Å²) >= 11 is 0. The lowest BCUT2D eigenvalue weighted by molar-refractivity contribution is 0.103. The fourth-order valence-electron chi connectivity index (χ4n) is 2.44. The molecule has 0 aliphatic heterocycles. The molecule has 7 heteroatoms. The molecule has 7 nitrogen and oxygen atoms in total. The van der Waals surface area contributed by atoms with Crippen LogP contribution in [0.4, 0.5) is 0 Å². The summed E-state index contributed by atoms with van der Waals surface area (Å²) in [6.45, 7) is 0. The van der Waals surface area contributed by atoms with Gasteiger partial charge in [0.25, 0.3) is 0 Å². The fraction of sp³-hybridized carbons (Fsp3) is 0. The van der Waals surface area contributed by atoms with Gasteiger partial charge in [-0.15, -0.1) is 10.2 Å². The minimum atomic E-state index is -0.0339. The first-order chi connectivity index (χ1) is 11.8. The molecule has 0 unspecified atom stereocenters. The normalized spacial score (nSPS) is 10.7. The molecule has 0 fully saturated rings. The second-order valence-corrected chi connectivity index (χ2v) is 5.20. The molecule has 0 aliphatic carbocycles. The van der Waals surface area contributed by atoms with Crippen LogP contribution in [0.3, 0.4) is 0 Å². The Morgan fingerprint density at radius 2 is 1.08 bits per heavy atom. The van der Waals surface area contributed by atoms with Gasteiger partial charge in [-0.05, 0) is 0 Å². The first-order valence-corrected chi connectivity index (χ1v) is 7.30. The van der Waals surface area contributed by atoms with Gasteiger partial charge in [0, 0.05) is 34.6 Å². The lowest BCUT2D eigenvalue weighted by atomic mass is 10.00. The van der Waals surface area contributed by atoms with Crippen molar-refractivity contribution in [3.8, 4) is 22.5 Å². The van der Waals surface area contributed by atoms with Crippen molar-refractivity contribution in [3.63, 3.8) is 0 Å². The van der Waals surface area contributed by atoms with E-state index in [0.29, 0.717) is 11.1 Å². The Hall–Kier alpha value is -3.61. The highest BCUT2D eigenvalue weighted by Crippen LogP contribution is 2.20. The Bertz CT molecular complexity index is 862. The van der Waals surface area contributed by atoms with E-state index in [4.69, 9.17) is 0 Å². The van der Waals surface area contributed by atoms with Crippen LogP contribution in [0.2, 0.25) is 0 Å². The van der Waals surface area contributed by atoms with E-state index >= 15 is 0 Å². The number of benzene rings is 2. The summed E-state index contributed by atoms with van der Waals surface area (Å²) < 4.78 is 0. The maximum Gasteiger partial charge on any atom is 0.193 e. The molecule has 0 radical (unpaired) electrons. The van der Waals surface area contributed by atoms with Crippen molar-refractivity contribution in [1.29, 1.82) is 0 Å². The third kappa shape index (κ3) is 2.58. The molecule has 2 aromatic heterocycles. The van der Waals surface area contributed by atoms with Crippen molar-refractivity contribution < 1.29 is 4.79 Å². The van der Waals surface area contributed by atoms with Crippen LogP contribution in [0.15, 0.2) is 60.9 Å². The number of H-pyrrole nitrogens is 2. The topological polar surface area (TPSA) is 100 Å². The monoisotopic (exact) mass is 316 g/mol. The Balaban J connectivity index is 1.57. The van der Waals surface area contributed by atoms with Crippen LogP contribution in [0.25, 0.3) is 22.5 Å². The van der Waals surface area contributed by atoms with E-state index in [-0.39, 0.29) is 5.78 Å². The van der Waals surface area contributed by atoms with Gasteiger partial charge in [-0.2, -0.15) is 0 Å². The molecular weight excluding hydrogens is 304 g/mol. The van der Waals surface area contributed by atoms with Gasteiger partial charge < -0.3 is 0 Å². The van der Waals surface area contributed by atoms with E-state index in [0.717, 1.165) is 22.5 Å². The van der Waals surface area contributed by atoms with Crippen LogP contribution >= 0.6 is 0 Å². The standard InChI is InChI=1S/C17H12N6O/c24-17(13-5-1-11(2-6-13)15-9-18-22-20-15)14-7-3-12(4-8-14)16-10-19-23-21-16/h1-10H,(H,18,20,22)(H,19,21,23). The molecule has 24 heavy (non-hydrogen) atoms. The van der Waals surface area contributed by atoms with Crippen molar-refractivity contribution in [3.05, 3.63) is 72.1 Å². The second-order valence-electron chi connectivity index (χ2n) is 5.20. The molecule has 0 bridgehead atoms. The highest BCUT2D eigenvalue weighted by Gasteiger charge is 2.10. The fourth-order valence-corrected chi connectivity index (χ4v) is 2.44. The van der Waals surface area contributed by atoms with Crippen LogP contribution in [-0.4, -0.2) is 36.6 Å². The van der Waals surface area contributed by atoms with Crippen LogP contribution in [0.1, 0.15) is 15.9 Å². The first-order valence-electron chi connectivity index (χ1n) is 7.30. The van der Waals surface area contributed by atoms with E-state index in [1.54, 1.807) is 36.7 Å². The van der Waals surface area contributed by atoms with Gasteiger partial charge in [0.2, 0.25) is 0 Å². The smallest absolute Gasteiger partial charge is 0.193 e. The molecule has 0 aliphatic rings. The summed E-state index contributed by atoms with van der Waals surface area (Å²) in [5, 5.41) is 20.6. The summed E-state index contributed by atoms with van der Waals surface area (Å²) in [5.41, 5.74) is 4.54. The number of carbonyl (C=O) groups excluding carboxylic acids is 1. The second kappa shape index (κ2) is 5.88. The quantitative estimate of drug-likeness (QED) is 0.563. The number of aromatic amines is 2. The van der Waals surface area contributed by atoms with Crippen LogP contribution in [0.5, 0.6) is 0 Å². The minimum absolute atomic E-state index is 0.0339. The van der Waals surface area contributed by atoms with Crippen molar-refractivity contribution in [2.45, 2.75) is 0 Å². The third-order valence-electron chi connectivity index (χ3n) is 3.72. The maximum atomic E-state index is 12.6. The molecule has 116 valence electrons. The molecule has 4 aromatic rings. The first kappa shape index (κ1) is 14.0.